The number of benzene rings is 2. The molecule has 106 valence electrons. The first-order valence-electron chi connectivity index (χ1n) is 7.09. The lowest BCUT2D eigenvalue weighted by atomic mass is 10.0. The lowest BCUT2D eigenvalue weighted by molar-refractivity contribution is 1.14. The Morgan fingerprint density at radius 3 is 2.52 bits per heavy atom. The molecule has 1 heterocycles. The lowest BCUT2D eigenvalue weighted by Crippen LogP contribution is -1.97. The molecule has 0 unspecified atom stereocenters. The Morgan fingerprint density at radius 1 is 1.10 bits per heavy atom. The number of anilines is 1. The summed E-state index contributed by atoms with van der Waals surface area (Å²) >= 11 is 3.60. The molecule has 0 spiro atoms. The van der Waals surface area contributed by atoms with Gasteiger partial charge in [0.15, 0.2) is 0 Å². The van der Waals surface area contributed by atoms with Crippen LogP contribution in [0.4, 0.5) is 5.69 Å². The Morgan fingerprint density at radius 2 is 1.86 bits per heavy atom. The third-order valence-electron chi connectivity index (χ3n) is 3.68. The van der Waals surface area contributed by atoms with Crippen molar-refractivity contribution >= 4 is 32.5 Å². The second-order valence-corrected chi connectivity index (χ2v) is 5.90. The van der Waals surface area contributed by atoms with Gasteiger partial charge in [-0.15, -0.1) is 0 Å². The van der Waals surface area contributed by atoms with Gasteiger partial charge in [0.25, 0.3) is 0 Å². The number of fused-ring (bicyclic) bond motifs is 1. The van der Waals surface area contributed by atoms with Gasteiger partial charge in [-0.1, -0.05) is 53.2 Å². The van der Waals surface area contributed by atoms with Gasteiger partial charge in [0.05, 0.1) is 11.2 Å². The molecule has 2 nitrogen and oxygen atoms in total. The molecule has 0 atom stereocenters. The van der Waals surface area contributed by atoms with Crippen LogP contribution in [0.2, 0.25) is 0 Å². The molecular weight excluding hydrogens is 324 g/mol. The van der Waals surface area contributed by atoms with Crippen molar-refractivity contribution in [1.29, 1.82) is 0 Å². The Hall–Kier alpha value is -1.87. The first-order chi connectivity index (χ1) is 10.2. The summed E-state index contributed by atoms with van der Waals surface area (Å²) in [5.41, 5.74) is 5.58. The fourth-order valence-electron chi connectivity index (χ4n) is 2.59. The molecule has 0 bridgehead atoms. The zero-order valence-corrected chi connectivity index (χ0v) is 13.7. The van der Waals surface area contributed by atoms with E-state index in [2.05, 4.69) is 58.5 Å². The Kier molecular flexibility index (Phi) is 3.93. The summed E-state index contributed by atoms with van der Waals surface area (Å²) in [6.45, 7) is 2.16. The number of aryl methyl sites for hydroxylation is 1. The zero-order chi connectivity index (χ0) is 14.8. The molecule has 3 heteroatoms. The summed E-state index contributed by atoms with van der Waals surface area (Å²) in [5, 5.41) is 4.45. The minimum atomic E-state index is 0.963. The van der Waals surface area contributed by atoms with Gasteiger partial charge in [0.2, 0.25) is 0 Å². The normalized spacial score (nSPS) is 10.8. The van der Waals surface area contributed by atoms with Gasteiger partial charge in [-0.05, 0) is 30.2 Å². The van der Waals surface area contributed by atoms with Crippen LogP contribution in [-0.4, -0.2) is 12.0 Å². The summed E-state index contributed by atoms with van der Waals surface area (Å²) in [6, 6.07) is 16.7. The number of pyridine rings is 1. The summed E-state index contributed by atoms with van der Waals surface area (Å²) in [7, 11) is 1.95. The van der Waals surface area contributed by atoms with E-state index in [4.69, 9.17) is 4.98 Å². The van der Waals surface area contributed by atoms with Gasteiger partial charge in [0.1, 0.15) is 0 Å². The molecule has 3 aromatic rings. The Labute approximate surface area is 133 Å². The molecule has 0 aliphatic heterocycles. The van der Waals surface area contributed by atoms with Crippen molar-refractivity contribution in [3.05, 3.63) is 58.6 Å². The Bertz CT molecular complexity index is 782. The second-order valence-electron chi connectivity index (χ2n) is 4.99. The van der Waals surface area contributed by atoms with Crippen LogP contribution in [0.15, 0.2) is 53.0 Å². The summed E-state index contributed by atoms with van der Waals surface area (Å²) < 4.78 is 1.10. The molecule has 0 aliphatic rings. The van der Waals surface area contributed by atoms with Gasteiger partial charge < -0.3 is 5.32 Å². The topological polar surface area (TPSA) is 24.9 Å². The number of rotatable bonds is 3. The minimum absolute atomic E-state index is 0.963. The van der Waals surface area contributed by atoms with Crippen LogP contribution < -0.4 is 5.32 Å². The van der Waals surface area contributed by atoms with Gasteiger partial charge in [-0.2, -0.15) is 0 Å². The monoisotopic (exact) mass is 340 g/mol. The third kappa shape index (κ3) is 2.66. The SMILES string of the molecule is CCc1cc(Br)cc2c(NC)cc(-c3ccccc3)nc12. The number of nitrogens with zero attached hydrogens (tertiary/aromatic N) is 1. The van der Waals surface area contributed by atoms with Gasteiger partial charge in [-0.25, -0.2) is 4.98 Å². The van der Waals surface area contributed by atoms with Gasteiger partial charge in [0, 0.05) is 28.2 Å². The maximum atomic E-state index is 4.91. The highest BCUT2D eigenvalue weighted by atomic mass is 79.9. The number of halogens is 1. The third-order valence-corrected chi connectivity index (χ3v) is 4.13. The first-order valence-corrected chi connectivity index (χ1v) is 7.88. The van der Waals surface area contributed by atoms with Crippen LogP contribution in [0.5, 0.6) is 0 Å². The predicted molar refractivity (Wildman–Crippen MR) is 93.8 cm³/mol. The van der Waals surface area contributed by atoms with Crippen molar-refractivity contribution in [1.82, 2.24) is 4.98 Å². The van der Waals surface area contributed by atoms with Crippen molar-refractivity contribution in [3.8, 4) is 11.3 Å². The smallest absolute Gasteiger partial charge is 0.0762 e. The van der Waals surface area contributed by atoms with Crippen molar-refractivity contribution in [2.75, 3.05) is 12.4 Å². The fourth-order valence-corrected chi connectivity index (χ4v) is 3.10. The van der Waals surface area contributed by atoms with Crippen molar-refractivity contribution in [2.45, 2.75) is 13.3 Å². The molecule has 2 aromatic carbocycles. The molecule has 0 fully saturated rings. The predicted octanol–water partition coefficient (Wildman–Crippen LogP) is 5.27. The maximum absolute atomic E-state index is 4.91. The van der Waals surface area contributed by atoms with Crippen LogP contribution in [0, 0.1) is 0 Å². The van der Waals surface area contributed by atoms with Gasteiger partial charge >= 0.3 is 0 Å². The molecular formula is C18H17BrN2. The van der Waals surface area contributed by atoms with E-state index in [-0.39, 0.29) is 0 Å². The maximum Gasteiger partial charge on any atom is 0.0762 e. The second kappa shape index (κ2) is 5.86. The van der Waals surface area contributed by atoms with Crippen molar-refractivity contribution < 1.29 is 0 Å². The number of aromatic nitrogens is 1. The van der Waals surface area contributed by atoms with Crippen LogP contribution in [0.3, 0.4) is 0 Å². The quantitative estimate of drug-likeness (QED) is 0.702. The highest BCUT2D eigenvalue weighted by Crippen LogP contribution is 2.32. The standard InChI is InChI=1S/C18H17BrN2/c1-3-12-9-14(19)10-15-17(20-2)11-16(21-18(12)15)13-7-5-4-6-8-13/h4-11H,3H2,1-2H3,(H,20,21). The van der Waals surface area contributed by atoms with E-state index in [1.165, 1.54) is 5.56 Å². The Balaban J connectivity index is 2.33. The first kappa shape index (κ1) is 14.1. The highest BCUT2D eigenvalue weighted by Gasteiger charge is 2.10. The van der Waals surface area contributed by atoms with Gasteiger partial charge in [-0.3, -0.25) is 0 Å². The molecule has 21 heavy (non-hydrogen) atoms. The molecule has 0 saturated carbocycles. The van der Waals surface area contributed by atoms with E-state index in [1.807, 2.05) is 25.2 Å². The molecule has 0 saturated heterocycles. The molecule has 1 N–H and O–H groups in total. The van der Waals surface area contributed by atoms with E-state index in [1.54, 1.807) is 0 Å². The summed E-state index contributed by atoms with van der Waals surface area (Å²) in [5.74, 6) is 0. The molecule has 0 amide bonds. The number of hydrogen-bond acceptors (Lipinski definition) is 2. The average molecular weight is 341 g/mol. The highest BCUT2D eigenvalue weighted by molar-refractivity contribution is 9.10. The average Bonchev–Trinajstić information content (AvgIpc) is 2.54. The van der Waals surface area contributed by atoms with Crippen LogP contribution in [0.25, 0.3) is 22.2 Å². The van der Waals surface area contributed by atoms with E-state index in [9.17, 15) is 0 Å². The van der Waals surface area contributed by atoms with Crippen LogP contribution in [-0.2, 0) is 6.42 Å². The lowest BCUT2D eigenvalue weighted by Gasteiger charge is -2.12. The van der Waals surface area contributed by atoms with Crippen LogP contribution in [0.1, 0.15) is 12.5 Å². The number of nitrogens with one attached hydrogen (secondary N) is 1. The van der Waals surface area contributed by atoms with Crippen LogP contribution >= 0.6 is 15.9 Å². The van der Waals surface area contributed by atoms with E-state index >= 15 is 0 Å². The largest absolute Gasteiger partial charge is 0.388 e. The fraction of sp³-hybridized carbons (Fsp3) is 0.167. The zero-order valence-electron chi connectivity index (χ0n) is 12.2. The molecule has 0 aliphatic carbocycles. The summed E-state index contributed by atoms with van der Waals surface area (Å²) in [4.78, 5) is 4.91. The van der Waals surface area contributed by atoms with Crippen molar-refractivity contribution in [2.24, 2.45) is 0 Å². The number of hydrogen-bond donors (Lipinski definition) is 1. The van der Waals surface area contributed by atoms with E-state index in [0.717, 1.165) is 38.7 Å². The molecule has 1 aromatic heterocycles. The van der Waals surface area contributed by atoms with E-state index in [0.29, 0.717) is 0 Å². The summed E-state index contributed by atoms with van der Waals surface area (Å²) in [6.07, 6.45) is 0.963. The molecule has 3 rings (SSSR count). The van der Waals surface area contributed by atoms with E-state index < -0.39 is 0 Å². The minimum Gasteiger partial charge on any atom is -0.388 e. The molecule has 0 radical (unpaired) electrons. The van der Waals surface area contributed by atoms with Crippen molar-refractivity contribution in [3.63, 3.8) is 0 Å².